The van der Waals surface area contributed by atoms with Crippen molar-refractivity contribution in [3.05, 3.63) is 63.7 Å². The summed E-state index contributed by atoms with van der Waals surface area (Å²) < 4.78 is 0. The Kier molecular flexibility index (Phi) is 9.23. The summed E-state index contributed by atoms with van der Waals surface area (Å²) in [5.74, 6) is -2.77. The quantitative estimate of drug-likeness (QED) is 0.319. The number of Topliss-reactive ketones (excluding diaryl/α,β-unsaturated/α-hetero) is 1. The summed E-state index contributed by atoms with van der Waals surface area (Å²) in [7, 11) is 0. The molecule has 1 saturated carbocycles. The predicted octanol–water partition coefficient (Wildman–Crippen LogP) is 4.08. The molecule has 0 saturated heterocycles. The monoisotopic (exact) mass is 565 g/mol. The Morgan fingerprint density at radius 1 is 1.15 bits per heavy atom. The van der Waals surface area contributed by atoms with E-state index in [1.807, 2.05) is 0 Å². The highest BCUT2D eigenvalue weighted by Crippen LogP contribution is 2.45. The smallest absolute Gasteiger partial charge is 0.303 e. The van der Waals surface area contributed by atoms with Gasteiger partial charge in [0.25, 0.3) is 5.91 Å². The number of rotatable bonds is 11. The number of nitrogens with one attached hydrogen (secondary N) is 1. The Bertz CT molecular complexity index is 1380. The summed E-state index contributed by atoms with van der Waals surface area (Å²) in [6.45, 7) is 0.0161. The van der Waals surface area contributed by atoms with Crippen LogP contribution in [0.5, 0.6) is 5.75 Å². The van der Waals surface area contributed by atoms with Gasteiger partial charge in [-0.1, -0.05) is 17.7 Å². The molecule has 1 amide bonds. The fourth-order valence-electron chi connectivity index (χ4n) is 5.29. The van der Waals surface area contributed by atoms with Gasteiger partial charge in [-0.3, -0.25) is 19.4 Å². The van der Waals surface area contributed by atoms with E-state index in [1.165, 1.54) is 6.07 Å². The minimum atomic E-state index is -1.08. The fourth-order valence-corrected chi connectivity index (χ4v) is 5.53. The van der Waals surface area contributed by atoms with Crippen molar-refractivity contribution >= 4 is 35.0 Å². The van der Waals surface area contributed by atoms with Crippen LogP contribution >= 0.6 is 11.6 Å². The average molecular weight is 566 g/mol. The molecule has 4 N–H and O–H groups in total. The summed E-state index contributed by atoms with van der Waals surface area (Å²) in [5.41, 5.74) is 2.41. The lowest BCUT2D eigenvalue weighted by molar-refractivity contribution is -0.137. The topological polar surface area (TPSA) is 160 Å². The van der Waals surface area contributed by atoms with Gasteiger partial charge in [-0.05, 0) is 79.1 Å². The number of aromatic hydroxyl groups is 1. The normalized spacial score (nSPS) is 18.5. The van der Waals surface area contributed by atoms with E-state index in [4.69, 9.17) is 11.6 Å². The lowest BCUT2D eigenvalue weighted by Gasteiger charge is -2.36. The number of aliphatic hydroxyl groups excluding tert-OH is 1. The number of halogens is 1. The van der Waals surface area contributed by atoms with Crippen molar-refractivity contribution < 1.29 is 29.7 Å². The number of nitrogens with zero attached hydrogens (tertiary/aromatic N) is 2. The largest absolute Gasteiger partial charge is 0.508 e. The minimum Gasteiger partial charge on any atom is -0.508 e. The van der Waals surface area contributed by atoms with Crippen LogP contribution in [0, 0.1) is 11.3 Å². The molecule has 10 heteroatoms. The molecule has 2 atom stereocenters. The number of aliphatic carboxylic acids is 1. The van der Waals surface area contributed by atoms with Gasteiger partial charge in [-0.25, -0.2) is 0 Å². The van der Waals surface area contributed by atoms with Crippen molar-refractivity contribution in [3.63, 3.8) is 0 Å². The first-order chi connectivity index (χ1) is 19.1. The van der Waals surface area contributed by atoms with Crippen molar-refractivity contribution in [3.8, 4) is 11.8 Å². The molecule has 0 aromatic heterocycles. The van der Waals surface area contributed by atoms with Gasteiger partial charge in [0, 0.05) is 35.1 Å². The standard InChI is InChI=1S/C30H32ClN3O6/c31-23-10-19(9-22(14-23)30(17-32)4-1-5-30)20(13-28(38)39)11-27(37)16-34-29(40)21-6-18(8-26(36)12-21)7-24-2-3-25(35)15-33-24/h6,8-10,12,14,20,25,35-36H,1-5,7,11,13,15-16H2,(H,34,40)(H,38,39)/t20-,25?/m0/s1. The molecule has 0 bridgehead atoms. The van der Waals surface area contributed by atoms with Gasteiger partial charge < -0.3 is 20.6 Å². The van der Waals surface area contributed by atoms with Crippen molar-refractivity contribution in [2.24, 2.45) is 4.99 Å². The summed E-state index contributed by atoms with van der Waals surface area (Å²) in [5, 5.41) is 41.9. The van der Waals surface area contributed by atoms with Crippen LogP contribution in [0.1, 0.15) is 77.9 Å². The van der Waals surface area contributed by atoms with Crippen LogP contribution in [-0.4, -0.2) is 57.9 Å². The molecule has 210 valence electrons. The van der Waals surface area contributed by atoms with E-state index in [9.17, 15) is 35.0 Å². The van der Waals surface area contributed by atoms with Crippen molar-refractivity contribution in [2.75, 3.05) is 13.1 Å². The first-order valence-electron chi connectivity index (χ1n) is 13.3. The lowest BCUT2D eigenvalue weighted by Crippen LogP contribution is -2.32. The average Bonchev–Trinajstić information content (AvgIpc) is 2.87. The third kappa shape index (κ3) is 7.26. The van der Waals surface area contributed by atoms with Crippen molar-refractivity contribution in [1.29, 1.82) is 5.26 Å². The maximum Gasteiger partial charge on any atom is 0.303 e. The molecule has 0 radical (unpaired) electrons. The number of carbonyl (C=O) groups excluding carboxylic acids is 2. The number of benzene rings is 2. The predicted molar refractivity (Wildman–Crippen MR) is 149 cm³/mol. The molecule has 1 fully saturated rings. The molecule has 2 aromatic carbocycles. The number of carbonyl (C=O) groups is 3. The first kappa shape index (κ1) is 29.2. The Morgan fingerprint density at radius 2 is 1.93 bits per heavy atom. The Hall–Kier alpha value is -3.74. The third-order valence-corrected chi connectivity index (χ3v) is 7.86. The zero-order chi connectivity index (χ0) is 28.9. The number of carboxylic acid groups (broad SMARTS) is 1. The number of aliphatic hydroxyl groups is 1. The van der Waals surface area contributed by atoms with Gasteiger partial charge in [-0.2, -0.15) is 5.26 Å². The number of phenolic OH excluding ortho intramolecular Hbond substituents is 1. The van der Waals surface area contributed by atoms with E-state index in [0.717, 1.165) is 17.7 Å². The number of aliphatic imine (C=N–C) groups is 1. The van der Waals surface area contributed by atoms with Crippen LogP contribution in [-0.2, 0) is 21.4 Å². The Balaban J connectivity index is 1.42. The highest BCUT2D eigenvalue weighted by Gasteiger charge is 2.39. The van der Waals surface area contributed by atoms with Crippen LogP contribution < -0.4 is 5.32 Å². The van der Waals surface area contributed by atoms with E-state index in [-0.39, 0.29) is 36.5 Å². The van der Waals surface area contributed by atoms with Gasteiger partial charge in [0.05, 0.1) is 37.1 Å². The number of nitriles is 1. The van der Waals surface area contributed by atoms with E-state index in [0.29, 0.717) is 54.8 Å². The van der Waals surface area contributed by atoms with Crippen LogP contribution in [0.25, 0.3) is 0 Å². The van der Waals surface area contributed by atoms with Crippen molar-refractivity contribution in [2.45, 2.75) is 68.8 Å². The van der Waals surface area contributed by atoms with E-state index in [2.05, 4.69) is 16.4 Å². The van der Waals surface area contributed by atoms with Crippen LogP contribution in [0.15, 0.2) is 41.4 Å². The van der Waals surface area contributed by atoms with Gasteiger partial charge in [0.1, 0.15) is 5.75 Å². The number of hydrogen-bond donors (Lipinski definition) is 4. The molecule has 1 aliphatic heterocycles. The summed E-state index contributed by atoms with van der Waals surface area (Å²) in [6, 6.07) is 12.0. The van der Waals surface area contributed by atoms with E-state index in [1.54, 1.807) is 30.3 Å². The molecule has 2 aliphatic rings. The molecular formula is C30H32ClN3O6. The van der Waals surface area contributed by atoms with E-state index < -0.39 is 29.3 Å². The maximum atomic E-state index is 12.9. The van der Waals surface area contributed by atoms with Crippen LogP contribution in [0.3, 0.4) is 0 Å². The Labute approximate surface area is 237 Å². The second kappa shape index (κ2) is 12.6. The van der Waals surface area contributed by atoms with Gasteiger partial charge in [0.2, 0.25) is 0 Å². The number of phenols is 1. The second-order valence-electron chi connectivity index (χ2n) is 10.7. The first-order valence-corrected chi connectivity index (χ1v) is 13.7. The molecular weight excluding hydrogens is 534 g/mol. The summed E-state index contributed by atoms with van der Waals surface area (Å²) >= 11 is 6.34. The zero-order valence-electron chi connectivity index (χ0n) is 22.0. The van der Waals surface area contributed by atoms with Crippen LogP contribution in [0.4, 0.5) is 0 Å². The molecule has 0 spiro atoms. The number of amides is 1. The lowest BCUT2D eigenvalue weighted by atomic mass is 9.65. The van der Waals surface area contributed by atoms with Crippen LogP contribution in [0.2, 0.25) is 5.02 Å². The highest BCUT2D eigenvalue weighted by atomic mass is 35.5. The Morgan fingerprint density at radius 3 is 2.55 bits per heavy atom. The van der Waals surface area contributed by atoms with Gasteiger partial charge >= 0.3 is 5.97 Å². The summed E-state index contributed by atoms with van der Waals surface area (Å²) in [6.07, 6.45) is 3.12. The molecule has 4 rings (SSSR count). The highest BCUT2D eigenvalue weighted by molar-refractivity contribution is 6.30. The molecule has 40 heavy (non-hydrogen) atoms. The van der Waals surface area contributed by atoms with E-state index >= 15 is 0 Å². The molecule has 1 heterocycles. The molecule has 1 unspecified atom stereocenters. The molecule has 1 aliphatic carbocycles. The summed E-state index contributed by atoms with van der Waals surface area (Å²) in [4.78, 5) is 41.7. The zero-order valence-corrected chi connectivity index (χ0v) is 22.8. The number of carboxylic acids is 1. The minimum absolute atomic E-state index is 0.0923. The van der Waals surface area contributed by atoms with Crippen molar-refractivity contribution in [1.82, 2.24) is 5.32 Å². The maximum absolute atomic E-state index is 12.9. The number of ketones is 1. The van der Waals surface area contributed by atoms with Gasteiger partial charge in [0.15, 0.2) is 5.78 Å². The fraction of sp³-hybridized carbons (Fsp3) is 0.433. The van der Waals surface area contributed by atoms with Gasteiger partial charge in [-0.15, -0.1) is 0 Å². The third-order valence-electron chi connectivity index (χ3n) is 7.65. The number of hydrogen-bond acceptors (Lipinski definition) is 7. The second-order valence-corrected chi connectivity index (χ2v) is 11.1. The molecule has 2 aromatic rings. The molecule has 9 nitrogen and oxygen atoms in total. The SMILES string of the molecule is N#CC1(c2cc(Cl)cc([C@H](CC(=O)O)CC(=O)CNC(=O)c3cc(O)cc(CC4=NCC(O)CC4)c3)c2)CCC1.